The summed E-state index contributed by atoms with van der Waals surface area (Å²) in [5, 5.41) is 3.34. The topological polar surface area (TPSA) is 86.8 Å². The Morgan fingerprint density at radius 3 is 2.09 bits per heavy atom. The van der Waals surface area contributed by atoms with E-state index in [0.717, 1.165) is 39.4 Å². The first-order chi connectivity index (χ1) is 21.6. The van der Waals surface area contributed by atoms with Crippen molar-refractivity contribution in [1.82, 2.24) is 10.2 Å². The van der Waals surface area contributed by atoms with Crippen molar-refractivity contribution in [3.63, 3.8) is 0 Å². The van der Waals surface area contributed by atoms with Crippen molar-refractivity contribution in [3.05, 3.63) is 130 Å². The van der Waals surface area contributed by atoms with Gasteiger partial charge in [-0.15, -0.1) is 0 Å². The van der Waals surface area contributed by atoms with Crippen LogP contribution < -0.4 is 9.62 Å². The van der Waals surface area contributed by atoms with Crippen molar-refractivity contribution in [2.45, 2.75) is 57.5 Å². The van der Waals surface area contributed by atoms with Gasteiger partial charge in [-0.25, -0.2) is 8.42 Å². The standard InChI is InChI=1S/C36H40ClN3O4S/c1-4-5-22-38-36(42)34(23-29-10-7-6-8-11-29)39(25-30-18-14-27(2)15-19-30)35(41)26-40(32-13-9-12-31(37)24-32)45(43,44)33-20-16-28(3)17-21-33/h6-21,24,34H,4-5,22-23,25-26H2,1-3H3,(H,38,42)/t34-/m1/s1. The Morgan fingerprint density at radius 1 is 0.822 bits per heavy atom. The highest BCUT2D eigenvalue weighted by Gasteiger charge is 2.34. The van der Waals surface area contributed by atoms with E-state index in [4.69, 9.17) is 11.6 Å². The van der Waals surface area contributed by atoms with Crippen molar-refractivity contribution in [2.75, 3.05) is 17.4 Å². The molecular formula is C36H40ClN3O4S. The number of hydrogen-bond donors (Lipinski definition) is 1. The maximum Gasteiger partial charge on any atom is 0.264 e. The highest BCUT2D eigenvalue weighted by molar-refractivity contribution is 7.92. The highest BCUT2D eigenvalue weighted by atomic mass is 35.5. The zero-order valence-corrected chi connectivity index (χ0v) is 27.5. The lowest BCUT2D eigenvalue weighted by Crippen LogP contribution is -2.53. The van der Waals surface area contributed by atoms with E-state index in [2.05, 4.69) is 5.32 Å². The summed E-state index contributed by atoms with van der Waals surface area (Å²) >= 11 is 6.30. The third kappa shape index (κ3) is 9.19. The van der Waals surface area contributed by atoms with Crippen LogP contribution in [-0.2, 0) is 32.6 Å². The van der Waals surface area contributed by atoms with Gasteiger partial charge in [-0.1, -0.05) is 109 Å². The molecule has 9 heteroatoms. The predicted octanol–water partition coefficient (Wildman–Crippen LogP) is 6.71. The molecule has 0 aliphatic carbocycles. The molecule has 0 spiro atoms. The van der Waals surface area contributed by atoms with E-state index >= 15 is 0 Å². The lowest BCUT2D eigenvalue weighted by Gasteiger charge is -2.34. The molecule has 0 saturated carbocycles. The second-order valence-electron chi connectivity index (χ2n) is 11.2. The number of nitrogens with zero attached hydrogens (tertiary/aromatic N) is 2. The predicted molar refractivity (Wildman–Crippen MR) is 181 cm³/mol. The van der Waals surface area contributed by atoms with Crippen molar-refractivity contribution < 1.29 is 18.0 Å². The van der Waals surface area contributed by atoms with Crippen LogP contribution >= 0.6 is 11.6 Å². The maximum absolute atomic E-state index is 14.5. The SMILES string of the molecule is CCCCNC(=O)[C@@H](Cc1ccccc1)N(Cc1ccc(C)cc1)C(=O)CN(c1cccc(Cl)c1)S(=O)(=O)c1ccc(C)cc1. The molecule has 4 rings (SSSR count). The van der Waals surface area contributed by atoms with E-state index < -0.39 is 28.5 Å². The van der Waals surface area contributed by atoms with E-state index in [-0.39, 0.29) is 29.5 Å². The minimum Gasteiger partial charge on any atom is -0.354 e. The molecule has 0 unspecified atom stereocenters. The largest absolute Gasteiger partial charge is 0.354 e. The zero-order chi connectivity index (χ0) is 32.4. The van der Waals surface area contributed by atoms with E-state index in [1.807, 2.05) is 75.4 Å². The quantitative estimate of drug-likeness (QED) is 0.155. The van der Waals surface area contributed by atoms with Crippen LogP contribution in [0.4, 0.5) is 5.69 Å². The number of rotatable bonds is 14. The van der Waals surface area contributed by atoms with Gasteiger partial charge in [-0.2, -0.15) is 0 Å². The van der Waals surface area contributed by atoms with Crippen LogP contribution in [0.25, 0.3) is 0 Å². The number of carbonyl (C=O) groups excluding carboxylic acids is 2. The number of carbonyl (C=O) groups is 2. The number of halogens is 1. The van der Waals surface area contributed by atoms with Gasteiger partial charge in [0.15, 0.2) is 0 Å². The van der Waals surface area contributed by atoms with Crippen LogP contribution in [0.3, 0.4) is 0 Å². The van der Waals surface area contributed by atoms with Gasteiger partial charge >= 0.3 is 0 Å². The van der Waals surface area contributed by atoms with Crippen LogP contribution in [0.15, 0.2) is 108 Å². The molecule has 45 heavy (non-hydrogen) atoms. The molecule has 7 nitrogen and oxygen atoms in total. The average Bonchev–Trinajstić information content (AvgIpc) is 3.03. The summed E-state index contributed by atoms with van der Waals surface area (Å²) in [5.74, 6) is -0.804. The number of hydrogen-bond acceptors (Lipinski definition) is 4. The fraction of sp³-hybridized carbons (Fsp3) is 0.278. The Labute approximate surface area is 271 Å². The summed E-state index contributed by atoms with van der Waals surface area (Å²) < 4.78 is 29.3. The summed E-state index contributed by atoms with van der Waals surface area (Å²) in [7, 11) is -4.19. The molecule has 0 fully saturated rings. The number of aryl methyl sites for hydroxylation is 2. The zero-order valence-electron chi connectivity index (χ0n) is 25.9. The summed E-state index contributed by atoms with van der Waals surface area (Å²) in [6.45, 7) is 5.95. The van der Waals surface area contributed by atoms with E-state index in [1.165, 1.54) is 23.1 Å². The molecule has 1 atom stereocenters. The van der Waals surface area contributed by atoms with Gasteiger partial charge < -0.3 is 10.2 Å². The summed E-state index contributed by atoms with van der Waals surface area (Å²) in [6.07, 6.45) is 1.96. The third-order valence-electron chi connectivity index (χ3n) is 7.56. The number of nitrogens with one attached hydrogen (secondary N) is 1. The first kappa shape index (κ1) is 33.7. The fourth-order valence-electron chi connectivity index (χ4n) is 4.95. The number of benzene rings is 4. The molecule has 0 saturated heterocycles. The molecule has 0 radical (unpaired) electrons. The highest BCUT2D eigenvalue weighted by Crippen LogP contribution is 2.27. The van der Waals surface area contributed by atoms with Gasteiger partial charge in [0.1, 0.15) is 12.6 Å². The van der Waals surface area contributed by atoms with Gasteiger partial charge in [0.25, 0.3) is 10.0 Å². The van der Waals surface area contributed by atoms with Crippen LogP contribution in [0.1, 0.15) is 42.0 Å². The van der Waals surface area contributed by atoms with Crippen molar-refractivity contribution in [1.29, 1.82) is 0 Å². The lowest BCUT2D eigenvalue weighted by molar-refractivity contribution is -0.140. The molecule has 0 aromatic heterocycles. The van der Waals surface area contributed by atoms with Crippen molar-refractivity contribution in [3.8, 4) is 0 Å². The molecule has 0 aliphatic rings. The number of amides is 2. The second kappa shape index (κ2) is 15.7. The lowest BCUT2D eigenvalue weighted by atomic mass is 10.0. The van der Waals surface area contributed by atoms with Crippen molar-refractivity contribution in [2.24, 2.45) is 0 Å². The number of sulfonamides is 1. The summed E-state index contributed by atoms with van der Waals surface area (Å²) in [4.78, 5) is 29.8. The van der Waals surface area contributed by atoms with Gasteiger partial charge in [-0.3, -0.25) is 13.9 Å². The van der Waals surface area contributed by atoms with Gasteiger partial charge in [0.2, 0.25) is 11.8 Å². The van der Waals surface area contributed by atoms with E-state index in [0.29, 0.717) is 11.6 Å². The first-order valence-electron chi connectivity index (χ1n) is 15.1. The molecule has 4 aromatic rings. The van der Waals surface area contributed by atoms with Gasteiger partial charge in [0, 0.05) is 24.5 Å². The Hall–Kier alpha value is -4.14. The van der Waals surface area contributed by atoms with Crippen molar-refractivity contribution >= 4 is 39.1 Å². The Kier molecular flexibility index (Phi) is 11.8. The minimum atomic E-state index is -4.19. The van der Waals surface area contributed by atoms with Crippen LogP contribution in [0, 0.1) is 13.8 Å². The molecule has 1 N–H and O–H groups in total. The van der Waals surface area contributed by atoms with Crippen LogP contribution in [0.5, 0.6) is 0 Å². The molecule has 236 valence electrons. The molecule has 4 aromatic carbocycles. The smallest absolute Gasteiger partial charge is 0.264 e. The minimum absolute atomic E-state index is 0.0455. The number of unbranched alkanes of at least 4 members (excludes halogenated alkanes) is 1. The average molecular weight is 646 g/mol. The Morgan fingerprint density at radius 2 is 1.47 bits per heavy atom. The van der Waals surface area contributed by atoms with Gasteiger partial charge in [0.05, 0.1) is 10.6 Å². The molecule has 2 amide bonds. The van der Waals surface area contributed by atoms with Crippen LogP contribution in [0.2, 0.25) is 5.02 Å². The molecule has 0 bridgehead atoms. The first-order valence-corrected chi connectivity index (χ1v) is 16.9. The third-order valence-corrected chi connectivity index (χ3v) is 9.58. The Bertz CT molecular complexity index is 1680. The fourth-order valence-corrected chi connectivity index (χ4v) is 6.54. The van der Waals surface area contributed by atoms with Crippen LogP contribution in [-0.4, -0.2) is 44.3 Å². The Balaban J connectivity index is 1.78. The monoisotopic (exact) mass is 645 g/mol. The summed E-state index contributed by atoms with van der Waals surface area (Å²) in [5.41, 5.74) is 3.92. The van der Waals surface area contributed by atoms with E-state index in [9.17, 15) is 18.0 Å². The van der Waals surface area contributed by atoms with E-state index in [1.54, 1.807) is 30.3 Å². The molecule has 0 heterocycles. The second-order valence-corrected chi connectivity index (χ2v) is 13.5. The van der Waals surface area contributed by atoms with Gasteiger partial charge in [-0.05, 0) is 61.7 Å². The molecular weight excluding hydrogens is 606 g/mol. The molecule has 0 aliphatic heterocycles. The number of anilines is 1. The summed E-state index contributed by atoms with van der Waals surface area (Å²) in [6, 6.07) is 29.2. The normalized spacial score (nSPS) is 11.9. The maximum atomic E-state index is 14.5.